The van der Waals surface area contributed by atoms with E-state index in [1.54, 1.807) is 0 Å². The number of carbonyl (C=O) groups is 1. The topological polar surface area (TPSA) is 122 Å². The number of carboxylic acids is 1. The van der Waals surface area contributed by atoms with Gasteiger partial charge in [0, 0.05) is 12.2 Å². The first-order valence-electron chi connectivity index (χ1n) is 6.62. The van der Waals surface area contributed by atoms with Gasteiger partial charge in [-0.1, -0.05) is 13.8 Å². The van der Waals surface area contributed by atoms with Gasteiger partial charge in [0.2, 0.25) is 10.0 Å². The molecule has 8 nitrogen and oxygen atoms in total. The van der Waals surface area contributed by atoms with Gasteiger partial charge in [-0.15, -0.1) is 0 Å². The molecule has 0 saturated heterocycles. The van der Waals surface area contributed by atoms with Crippen molar-refractivity contribution < 1.29 is 23.4 Å². The minimum Gasteiger partial charge on any atom is -0.481 e. The van der Waals surface area contributed by atoms with E-state index < -0.39 is 22.0 Å². The Labute approximate surface area is 123 Å². The van der Waals surface area contributed by atoms with Gasteiger partial charge < -0.3 is 10.2 Å². The number of aliphatic carboxylic acids is 1. The van der Waals surface area contributed by atoms with Gasteiger partial charge in [0.25, 0.3) is 0 Å². The number of aromatic nitrogens is 2. The molecule has 1 rings (SSSR count). The molecule has 1 atom stereocenters. The van der Waals surface area contributed by atoms with Gasteiger partial charge in [-0.2, -0.15) is 5.10 Å². The second-order valence-corrected chi connectivity index (χ2v) is 6.93. The summed E-state index contributed by atoms with van der Waals surface area (Å²) in [5, 5.41) is 21.6. The van der Waals surface area contributed by atoms with Crippen LogP contribution < -0.4 is 4.72 Å². The van der Waals surface area contributed by atoms with Crippen molar-refractivity contribution in [3.8, 4) is 0 Å². The number of aryl methyl sites for hydroxylation is 1. The third-order valence-corrected chi connectivity index (χ3v) is 4.25. The van der Waals surface area contributed by atoms with Gasteiger partial charge in [-0.05, 0) is 12.3 Å². The predicted octanol–water partition coefficient (Wildman–Crippen LogP) is 0.0431. The molecule has 0 aliphatic carbocycles. The normalized spacial score (nSPS) is 13.5. The predicted molar refractivity (Wildman–Crippen MR) is 75.1 cm³/mol. The van der Waals surface area contributed by atoms with E-state index in [1.165, 1.54) is 10.9 Å². The van der Waals surface area contributed by atoms with Gasteiger partial charge in [0.1, 0.15) is 4.90 Å². The fourth-order valence-electron chi connectivity index (χ4n) is 1.83. The minimum absolute atomic E-state index is 0.0462. The molecule has 120 valence electrons. The molecule has 1 unspecified atom stereocenters. The highest BCUT2D eigenvalue weighted by atomic mass is 32.2. The second-order valence-electron chi connectivity index (χ2n) is 5.21. The summed E-state index contributed by atoms with van der Waals surface area (Å²) in [5.41, 5.74) is 0. The second kappa shape index (κ2) is 7.53. The van der Waals surface area contributed by atoms with Crippen molar-refractivity contribution in [1.29, 1.82) is 0 Å². The lowest BCUT2D eigenvalue weighted by atomic mass is 10.1. The largest absolute Gasteiger partial charge is 0.481 e. The SMILES string of the molecule is CC(C)CC(CO)NS(=O)(=O)c1cnn(CCC(=O)O)c1. The average Bonchev–Trinajstić information content (AvgIpc) is 2.84. The Morgan fingerprint density at radius 1 is 1.48 bits per heavy atom. The average molecular weight is 319 g/mol. The summed E-state index contributed by atoms with van der Waals surface area (Å²) < 4.78 is 28.0. The van der Waals surface area contributed by atoms with Crippen LogP contribution in [-0.2, 0) is 21.4 Å². The molecule has 21 heavy (non-hydrogen) atoms. The van der Waals surface area contributed by atoms with E-state index in [0.717, 1.165) is 6.20 Å². The lowest BCUT2D eigenvalue weighted by Crippen LogP contribution is -2.38. The van der Waals surface area contributed by atoms with Crippen LogP contribution in [0, 0.1) is 5.92 Å². The van der Waals surface area contributed by atoms with E-state index in [2.05, 4.69) is 9.82 Å². The van der Waals surface area contributed by atoms with Crippen LogP contribution in [0.1, 0.15) is 26.7 Å². The molecule has 0 amide bonds. The molecule has 0 fully saturated rings. The first-order valence-corrected chi connectivity index (χ1v) is 8.10. The highest BCUT2D eigenvalue weighted by molar-refractivity contribution is 7.89. The highest BCUT2D eigenvalue weighted by Gasteiger charge is 2.22. The molecule has 1 heterocycles. The first-order chi connectivity index (χ1) is 9.74. The van der Waals surface area contributed by atoms with E-state index in [9.17, 15) is 18.3 Å². The molecule has 9 heteroatoms. The summed E-state index contributed by atoms with van der Waals surface area (Å²) in [6, 6.07) is -0.558. The van der Waals surface area contributed by atoms with E-state index in [4.69, 9.17) is 5.11 Å². The van der Waals surface area contributed by atoms with Crippen molar-refractivity contribution in [1.82, 2.24) is 14.5 Å². The van der Waals surface area contributed by atoms with Crippen molar-refractivity contribution in [2.45, 2.75) is 44.2 Å². The van der Waals surface area contributed by atoms with Gasteiger partial charge in [0.05, 0.1) is 25.8 Å². The summed E-state index contributed by atoms with van der Waals surface area (Å²) in [4.78, 5) is 10.4. The lowest BCUT2D eigenvalue weighted by molar-refractivity contribution is -0.137. The molecule has 1 aromatic heterocycles. The maximum atomic E-state index is 12.1. The number of nitrogens with zero attached hydrogens (tertiary/aromatic N) is 2. The zero-order chi connectivity index (χ0) is 16.0. The molecule has 0 saturated carbocycles. The number of sulfonamides is 1. The number of carboxylic acid groups (broad SMARTS) is 1. The molecule has 0 bridgehead atoms. The molecule has 1 aromatic rings. The quantitative estimate of drug-likeness (QED) is 0.591. The monoisotopic (exact) mass is 319 g/mol. The zero-order valence-electron chi connectivity index (χ0n) is 12.1. The van der Waals surface area contributed by atoms with Crippen LogP contribution in [-0.4, -0.2) is 47.0 Å². The van der Waals surface area contributed by atoms with Crippen molar-refractivity contribution >= 4 is 16.0 Å². The Kier molecular flexibility index (Phi) is 6.31. The van der Waals surface area contributed by atoms with Crippen LogP contribution in [0.25, 0.3) is 0 Å². The number of aliphatic hydroxyl groups is 1. The Bertz CT molecular complexity index is 567. The van der Waals surface area contributed by atoms with Crippen LogP contribution in [0.15, 0.2) is 17.3 Å². The standard InChI is InChI=1S/C12H21N3O5S/c1-9(2)5-10(8-16)14-21(19,20)11-6-13-15(7-11)4-3-12(17)18/h6-7,9-10,14,16H,3-5,8H2,1-2H3,(H,17,18). The summed E-state index contributed by atoms with van der Waals surface area (Å²) in [5.74, 6) is -0.742. The van der Waals surface area contributed by atoms with Gasteiger partial charge in [0.15, 0.2) is 0 Å². The van der Waals surface area contributed by atoms with Gasteiger partial charge in [-0.25, -0.2) is 13.1 Å². The maximum Gasteiger partial charge on any atom is 0.305 e. The summed E-state index contributed by atoms with van der Waals surface area (Å²) >= 11 is 0. The maximum absolute atomic E-state index is 12.1. The number of nitrogens with one attached hydrogen (secondary N) is 1. The number of hydrogen-bond acceptors (Lipinski definition) is 5. The molecule has 0 spiro atoms. The van der Waals surface area contributed by atoms with Crippen LogP contribution in [0.5, 0.6) is 0 Å². The first kappa shape index (κ1) is 17.6. The molecular formula is C12H21N3O5S. The summed E-state index contributed by atoms with van der Waals surface area (Å²) in [6.45, 7) is 3.67. The fraction of sp³-hybridized carbons (Fsp3) is 0.667. The summed E-state index contributed by atoms with van der Waals surface area (Å²) in [6.07, 6.45) is 2.81. The van der Waals surface area contributed by atoms with Crippen LogP contribution in [0.4, 0.5) is 0 Å². The Hall–Kier alpha value is -1.45. The van der Waals surface area contributed by atoms with E-state index in [-0.39, 0.29) is 30.4 Å². The fourth-order valence-corrected chi connectivity index (χ4v) is 3.02. The highest BCUT2D eigenvalue weighted by Crippen LogP contribution is 2.11. The van der Waals surface area contributed by atoms with Crippen LogP contribution >= 0.6 is 0 Å². The summed E-state index contributed by atoms with van der Waals surface area (Å²) in [7, 11) is -3.78. The van der Waals surface area contributed by atoms with Crippen molar-refractivity contribution in [3.63, 3.8) is 0 Å². The van der Waals surface area contributed by atoms with E-state index in [1.807, 2.05) is 13.8 Å². The molecule has 0 radical (unpaired) electrons. The molecular weight excluding hydrogens is 298 g/mol. The van der Waals surface area contributed by atoms with Crippen molar-refractivity contribution in [3.05, 3.63) is 12.4 Å². The van der Waals surface area contributed by atoms with Crippen molar-refractivity contribution in [2.24, 2.45) is 5.92 Å². The molecule has 0 aromatic carbocycles. The number of hydrogen-bond donors (Lipinski definition) is 3. The number of rotatable bonds is 9. The Balaban J connectivity index is 2.75. The smallest absolute Gasteiger partial charge is 0.305 e. The van der Waals surface area contributed by atoms with Gasteiger partial charge in [-0.3, -0.25) is 9.48 Å². The Morgan fingerprint density at radius 2 is 2.14 bits per heavy atom. The molecule has 3 N–H and O–H groups in total. The van der Waals surface area contributed by atoms with E-state index >= 15 is 0 Å². The van der Waals surface area contributed by atoms with Crippen LogP contribution in [0.2, 0.25) is 0 Å². The number of aliphatic hydroxyl groups excluding tert-OH is 1. The molecule has 0 aliphatic rings. The van der Waals surface area contributed by atoms with Crippen molar-refractivity contribution in [2.75, 3.05) is 6.61 Å². The third-order valence-electron chi connectivity index (χ3n) is 2.77. The lowest BCUT2D eigenvalue weighted by Gasteiger charge is -2.17. The van der Waals surface area contributed by atoms with Crippen LogP contribution in [0.3, 0.4) is 0 Å². The van der Waals surface area contributed by atoms with E-state index in [0.29, 0.717) is 6.42 Å². The third kappa shape index (κ3) is 5.82. The Morgan fingerprint density at radius 3 is 2.67 bits per heavy atom. The minimum atomic E-state index is -3.78. The zero-order valence-corrected chi connectivity index (χ0v) is 12.9. The molecule has 0 aliphatic heterocycles. The van der Waals surface area contributed by atoms with Gasteiger partial charge >= 0.3 is 5.97 Å².